The van der Waals surface area contributed by atoms with Crippen LogP contribution in [-0.2, 0) is 4.74 Å². The van der Waals surface area contributed by atoms with E-state index in [0.29, 0.717) is 16.0 Å². The molecule has 2 rings (SSSR count). The number of carboxylic acids is 1. The maximum Gasteiger partial charge on any atom is 0.348 e. The topological polar surface area (TPSA) is 63.6 Å². The standard InChI is InChI=1S/C13H9FO4S/c1-18-13(17)11-4-7(6-19-11)9-3-2-8(14)5-10(9)12(15)16/h2-6H,1H3,(H,15,16). The third kappa shape index (κ3) is 2.63. The molecule has 0 unspecified atom stereocenters. The fourth-order valence-corrected chi connectivity index (χ4v) is 2.45. The maximum atomic E-state index is 13.1. The number of benzene rings is 1. The molecule has 0 aliphatic heterocycles. The number of carbonyl (C=O) groups is 2. The summed E-state index contributed by atoms with van der Waals surface area (Å²) >= 11 is 1.14. The van der Waals surface area contributed by atoms with Gasteiger partial charge in [-0.3, -0.25) is 0 Å². The molecule has 0 spiro atoms. The zero-order valence-electron chi connectivity index (χ0n) is 9.84. The highest BCUT2D eigenvalue weighted by Gasteiger charge is 2.16. The van der Waals surface area contributed by atoms with E-state index in [1.165, 1.54) is 25.3 Å². The molecule has 2 aromatic rings. The van der Waals surface area contributed by atoms with Gasteiger partial charge in [-0.1, -0.05) is 6.07 Å². The zero-order chi connectivity index (χ0) is 14.0. The maximum absolute atomic E-state index is 13.1. The third-order valence-corrected chi connectivity index (χ3v) is 3.42. The number of esters is 1. The van der Waals surface area contributed by atoms with Crippen molar-refractivity contribution in [2.45, 2.75) is 0 Å². The molecule has 1 N–H and O–H groups in total. The van der Waals surface area contributed by atoms with E-state index in [0.717, 1.165) is 17.4 Å². The van der Waals surface area contributed by atoms with Crippen molar-refractivity contribution in [3.63, 3.8) is 0 Å². The number of thiophene rings is 1. The molecule has 4 nitrogen and oxygen atoms in total. The number of carbonyl (C=O) groups excluding carboxylic acids is 1. The Hall–Kier alpha value is -2.21. The Kier molecular flexibility index (Phi) is 3.62. The first kappa shape index (κ1) is 13.2. The highest BCUT2D eigenvalue weighted by Crippen LogP contribution is 2.29. The van der Waals surface area contributed by atoms with Gasteiger partial charge in [-0.25, -0.2) is 14.0 Å². The van der Waals surface area contributed by atoms with Crippen molar-refractivity contribution < 1.29 is 23.8 Å². The summed E-state index contributed by atoms with van der Waals surface area (Å²) in [6, 6.07) is 5.03. The van der Waals surface area contributed by atoms with Gasteiger partial charge >= 0.3 is 11.9 Å². The average molecular weight is 280 g/mol. The van der Waals surface area contributed by atoms with Crippen LogP contribution in [0.5, 0.6) is 0 Å². The van der Waals surface area contributed by atoms with E-state index in [2.05, 4.69) is 4.74 Å². The van der Waals surface area contributed by atoms with Gasteiger partial charge in [0.15, 0.2) is 0 Å². The third-order valence-electron chi connectivity index (χ3n) is 2.51. The van der Waals surface area contributed by atoms with Crippen molar-refractivity contribution in [3.05, 3.63) is 45.9 Å². The van der Waals surface area contributed by atoms with Crippen LogP contribution >= 0.6 is 11.3 Å². The lowest BCUT2D eigenvalue weighted by Crippen LogP contribution is -2.00. The van der Waals surface area contributed by atoms with Crippen molar-refractivity contribution in [1.29, 1.82) is 0 Å². The number of aromatic carboxylic acids is 1. The average Bonchev–Trinajstić information content (AvgIpc) is 2.87. The molecule has 0 atom stereocenters. The van der Waals surface area contributed by atoms with E-state index in [4.69, 9.17) is 5.11 Å². The van der Waals surface area contributed by atoms with E-state index >= 15 is 0 Å². The summed E-state index contributed by atoms with van der Waals surface area (Å²) in [7, 11) is 1.27. The van der Waals surface area contributed by atoms with Crippen molar-refractivity contribution in [2.24, 2.45) is 0 Å². The quantitative estimate of drug-likeness (QED) is 0.878. The number of carboxylic acid groups (broad SMARTS) is 1. The van der Waals surface area contributed by atoms with Gasteiger partial charge < -0.3 is 9.84 Å². The van der Waals surface area contributed by atoms with Gasteiger partial charge in [0, 0.05) is 0 Å². The minimum absolute atomic E-state index is 0.144. The lowest BCUT2D eigenvalue weighted by Gasteiger charge is -2.03. The largest absolute Gasteiger partial charge is 0.478 e. The molecule has 6 heteroatoms. The Bertz CT molecular complexity index is 648. The molecule has 0 radical (unpaired) electrons. The molecule has 1 aromatic heterocycles. The molecule has 0 amide bonds. The van der Waals surface area contributed by atoms with E-state index in [-0.39, 0.29) is 5.56 Å². The van der Waals surface area contributed by atoms with Gasteiger partial charge in [-0.15, -0.1) is 11.3 Å². The SMILES string of the molecule is COC(=O)c1cc(-c2ccc(F)cc2C(=O)O)cs1. The van der Waals surface area contributed by atoms with Crippen LogP contribution in [0.1, 0.15) is 20.0 Å². The van der Waals surface area contributed by atoms with Crippen molar-refractivity contribution in [2.75, 3.05) is 7.11 Å². The van der Waals surface area contributed by atoms with Crippen molar-refractivity contribution >= 4 is 23.3 Å². The summed E-state index contributed by atoms with van der Waals surface area (Å²) in [5.41, 5.74) is 0.761. The highest BCUT2D eigenvalue weighted by atomic mass is 32.1. The van der Waals surface area contributed by atoms with E-state index in [1.807, 2.05) is 0 Å². The van der Waals surface area contributed by atoms with Crippen LogP contribution in [-0.4, -0.2) is 24.2 Å². The second kappa shape index (κ2) is 5.19. The summed E-state index contributed by atoms with van der Waals surface area (Å²) < 4.78 is 17.7. The number of rotatable bonds is 3. The van der Waals surface area contributed by atoms with Crippen LogP contribution in [0, 0.1) is 5.82 Å². The molecule has 1 heterocycles. The van der Waals surface area contributed by atoms with Gasteiger partial charge in [0.25, 0.3) is 0 Å². The Labute approximate surface area is 112 Å². The van der Waals surface area contributed by atoms with Crippen molar-refractivity contribution in [3.8, 4) is 11.1 Å². The van der Waals surface area contributed by atoms with Crippen LogP contribution in [0.25, 0.3) is 11.1 Å². The predicted molar refractivity (Wildman–Crippen MR) is 68.0 cm³/mol. The molecule has 1 aromatic carbocycles. The van der Waals surface area contributed by atoms with Gasteiger partial charge in [0.2, 0.25) is 0 Å². The molecule has 19 heavy (non-hydrogen) atoms. The van der Waals surface area contributed by atoms with Crippen LogP contribution in [0.4, 0.5) is 4.39 Å². The van der Waals surface area contributed by atoms with Crippen LogP contribution in [0.3, 0.4) is 0 Å². The molecule has 0 aliphatic rings. The Morgan fingerprint density at radius 3 is 2.68 bits per heavy atom. The zero-order valence-corrected chi connectivity index (χ0v) is 10.7. The first-order chi connectivity index (χ1) is 9.02. The number of hydrogen-bond donors (Lipinski definition) is 1. The van der Waals surface area contributed by atoms with Gasteiger partial charge in [-0.05, 0) is 34.7 Å². The van der Waals surface area contributed by atoms with Gasteiger partial charge in [0.05, 0.1) is 12.7 Å². The summed E-state index contributed by atoms with van der Waals surface area (Å²) in [6.45, 7) is 0. The minimum Gasteiger partial charge on any atom is -0.478 e. The number of methoxy groups -OCH3 is 1. The number of halogens is 1. The first-order valence-corrected chi connectivity index (χ1v) is 6.11. The summed E-state index contributed by atoms with van der Waals surface area (Å²) in [4.78, 5) is 22.8. The molecular weight excluding hydrogens is 271 g/mol. The lowest BCUT2D eigenvalue weighted by atomic mass is 10.0. The molecule has 0 fully saturated rings. The molecule has 0 saturated carbocycles. The second-order valence-electron chi connectivity index (χ2n) is 3.69. The molecule has 0 aliphatic carbocycles. The van der Waals surface area contributed by atoms with Crippen LogP contribution in [0.2, 0.25) is 0 Å². The van der Waals surface area contributed by atoms with Gasteiger partial charge in [0.1, 0.15) is 10.7 Å². The Morgan fingerprint density at radius 2 is 2.05 bits per heavy atom. The highest BCUT2D eigenvalue weighted by molar-refractivity contribution is 7.12. The minimum atomic E-state index is -1.22. The smallest absolute Gasteiger partial charge is 0.348 e. The second-order valence-corrected chi connectivity index (χ2v) is 4.60. The lowest BCUT2D eigenvalue weighted by molar-refractivity contribution is 0.0605. The number of hydrogen-bond acceptors (Lipinski definition) is 4. The Morgan fingerprint density at radius 1 is 1.32 bits per heavy atom. The molecule has 98 valence electrons. The first-order valence-electron chi connectivity index (χ1n) is 5.23. The van der Waals surface area contributed by atoms with E-state index in [9.17, 15) is 14.0 Å². The Balaban J connectivity index is 2.50. The fraction of sp³-hybridized carbons (Fsp3) is 0.0769. The van der Waals surface area contributed by atoms with E-state index < -0.39 is 17.8 Å². The molecule has 0 bridgehead atoms. The molecule has 0 saturated heterocycles. The van der Waals surface area contributed by atoms with Gasteiger partial charge in [-0.2, -0.15) is 0 Å². The van der Waals surface area contributed by atoms with Crippen LogP contribution < -0.4 is 0 Å². The fourth-order valence-electron chi connectivity index (χ4n) is 1.63. The summed E-state index contributed by atoms with van der Waals surface area (Å²) in [6.07, 6.45) is 0. The van der Waals surface area contributed by atoms with Crippen molar-refractivity contribution in [1.82, 2.24) is 0 Å². The van der Waals surface area contributed by atoms with Crippen LogP contribution in [0.15, 0.2) is 29.6 Å². The predicted octanol–water partition coefficient (Wildman–Crippen LogP) is 3.04. The normalized spacial score (nSPS) is 10.2. The summed E-state index contributed by atoms with van der Waals surface area (Å²) in [5, 5.41) is 10.7. The monoisotopic (exact) mass is 280 g/mol. The summed E-state index contributed by atoms with van der Waals surface area (Å²) in [5.74, 6) is -2.33. The number of ether oxygens (including phenoxy) is 1. The molecular formula is C13H9FO4S. The van der Waals surface area contributed by atoms with E-state index in [1.54, 1.807) is 5.38 Å².